The summed E-state index contributed by atoms with van der Waals surface area (Å²) in [5, 5.41) is 5.49. The first-order valence-corrected chi connectivity index (χ1v) is 5.16. The van der Waals surface area contributed by atoms with Gasteiger partial charge in [-0.25, -0.2) is 0 Å². The van der Waals surface area contributed by atoms with Crippen LogP contribution in [0.15, 0.2) is 53.6 Å². The molecule has 14 heavy (non-hydrogen) atoms. The molecule has 0 aliphatic carbocycles. The lowest BCUT2D eigenvalue weighted by molar-refractivity contribution is 1.31. The molecule has 0 unspecified atom stereocenters. The summed E-state index contributed by atoms with van der Waals surface area (Å²) in [6.07, 6.45) is 1.79. The van der Waals surface area contributed by atoms with Crippen molar-refractivity contribution in [2.24, 2.45) is 5.14 Å². The van der Waals surface area contributed by atoms with E-state index in [1.807, 2.05) is 42.5 Å². The second-order valence-corrected chi connectivity index (χ2v) is 3.57. The number of nitrogens with two attached hydrogens (primary N) is 1. The zero-order chi connectivity index (χ0) is 9.80. The molecule has 1 aromatic carbocycles. The molecule has 0 saturated heterocycles. The Kier molecular flexibility index (Phi) is 2.81. The SMILES string of the molecule is NSc1cccc(-c2ccccn2)c1. The van der Waals surface area contributed by atoms with Crippen LogP contribution in [-0.2, 0) is 0 Å². The minimum Gasteiger partial charge on any atom is -0.274 e. The van der Waals surface area contributed by atoms with Gasteiger partial charge < -0.3 is 0 Å². The fraction of sp³-hybridized carbons (Fsp3) is 0. The molecule has 0 aliphatic heterocycles. The Hall–Kier alpha value is -1.32. The summed E-state index contributed by atoms with van der Waals surface area (Å²) in [5.41, 5.74) is 2.07. The topological polar surface area (TPSA) is 38.9 Å². The highest BCUT2D eigenvalue weighted by Gasteiger charge is 1.98. The van der Waals surface area contributed by atoms with Crippen LogP contribution in [0.5, 0.6) is 0 Å². The van der Waals surface area contributed by atoms with Gasteiger partial charge in [-0.1, -0.05) is 18.2 Å². The third-order valence-corrected chi connectivity index (χ3v) is 2.46. The van der Waals surface area contributed by atoms with E-state index >= 15 is 0 Å². The van der Waals surface area contributed by atoms with E-state index < -0.39 is 0 Å². The van der Waals surface area contributed by atoms with Crippen molar-refractivity contribution < 1.29 is 0 Å². The molecule has 2 N–H and O–H groups in total. The van der Waals surface area contributed by atoms with Crippen LogP contribution in [0, 0.1) is 0 Å². The van der Waals surface area contributed by atoms with Gasteiger partial charge in [0.05, 0.1) is 5.69 Å². The second-order valence-electron chi connectivity index (χ2n) is 2.86. The molecular weight excluding hydrogens is 192 g/mol. The Labute approximate surface area is 87.3 Å². The van der Waals surface area contributed by atoms with E-state index in [2.05, 4.69) is 4.98 Å². The van der Waals surface area contributed by atoms with E-state index in [4.69, 9.17) is 5.14 Å². The van der Waals surface area contributed by atoms with Crippen LogP contribution >= 0.6 is 11.9 Å². The van der Waals surface area contributed by atoms with Crippen molar-refractivity contribution in [3.63, 3.8) is 0 Å². The fourth-order valence-corrected chi connectivity index (χ4v) is 1.61. The monoisotopic (exact) mass is 202 g/mol. The predicted octanol–water partition coefficient (Wildman–Crippen LogP) is 2.71. The first-order chi connectivity index (χ1) is 6.90. The van der Waals surface area contributed by atoms with E-state index in [1.165, 1.54) is 11.9 Å². The molecule has 0 fully saturated rings. The van der Waals surface area contributed by atoms with E-state index in [9.17, 15) is 0 Å². The minimum absolute atomic E-state index is 0.975. The molecule has 0 radical (unpaired) electrons. The molecule has 70 valence electrons. The number of nitrogens with zero attached hydrogens (tertiary/aromatic N) is 1. The first-order valence-electron chi connectivity index (χ1n) is 4.28. The van der Waals surface area contributed by atoms with Crippen molar-refractivity contribution >= 4 is 11.9 Å². The molecule has 0 aliphatic rings. The molecule has 0 spiro atoms. The number of rotatable bonds is 2. The zero-order valence-electron chi connectivity index (χ0n) is 7.55. The predicted molar refractivity (Wildman–Crippen MR) is 59.7 cm³/mol. The summed E-state index contributed by atoms with van der Waals surface area (Å²) >= 11 is 1.25. The molecule has 1 aromatic heterocycles. The molecule has 2 rings (SSSR count). The van der Waals surface area contributed by atoms with Gasteiger partial charge in [-0.15, -0.1) is 0 Å². The number of aromatic nitrogens is 1. The molecule has 2 aromatic rings. The Balaban J connectivity index is 2.42. The Morgan fingerprint density at radius 2 is 2.00 bits per heavy atom. The number of benzene rings is 1. The standard InChI is InChI=1S/C11H10N2S/c12-14-10-5-3-4-9(8-10)11-6-1-2-7-13-11/h1-8H,12H2. The average Bonchev–Trinajstić information content (AvgIpc) is 2.30. The van der Waals surface area contributed by atoms with Crippen molar-refractivity contribution in [1.82, 2.24) is 4.98 Å². The van der Waals surface area contributed by atoms with Crippen LogP contribution in [0.25, 0.3) is 11.3 Å². The number of pyridine rings is 1. The first kappa shape index (κ1) is 9.24. The van der Waals surface area contributed by atoms with E-state index in [0.717, 1.165) is 16.2 Å². The normalized spacial score (nSPS) is 10.1. The quantitative estimate of drug-likeness (QED) is 0.761. The molecule has 0 bridgehead atoms. The molecular formula is C11H10N2S. The second kappa shape index (κ2) is 4.26. The van der Waals surface area contributed by atoms with Crippen LogP contribution in [0.4, 0.5) is 0 Å². The molecule has 3 heteroatoms. The summed E-state index contributed by atoms with van der Waals surface area (Å²) in [6.45, 7) is 0. The van der Waals surface area contributed by atoms with E-state index in [1.54, 1.807) is 6.20 Å². The summed E-state index contributed by atoms with van der Waals surface area (Å²) in [4.78, 5) is 5.32. The maximum absolute atomic E-state index is 5.49. The Morgan fingerprint density at radius 3 is 2.71 bits per heavy atom. The van der Waals surface area contributed by atoms with Crippen molar-refractivity contribution in [2.75, 3.05) is 0 Å². The summed E-state index contributed by atoms with van der Waals surface area (Å²) in [6, 6.07) is 13.9. The molecule has 2 nitrogen and oxygen atoms in total. The number of hydrogen-bond donors (Lipinski definition) is 1. The van der Waals surface area contributed by atoms with Gasteiger partial charge in [0, 0.05) is 16.7 Å². The summed E-state index contributed by atoms with van der Waals surface area (Å²) in [7, 11) is 0. The van der Waals surface area contributed by atoms with Crippen LogP contribution in [0.1, 0.15) is 0 Å². The largest absolute Gasteiger partial charge is 0.274 e. The molecule has 0 atom stereocenters. The molecule has 1 heterocycles. The highest BCUT2D eigenvalue weighted by molar-refractivity contribution is 7.97. The minimum atomic E-state index is 0.975. The summed E-state index contributed by atoms with van der Waals surface area (Å²) in [5.74, 6) is 0. The fourth-order valence-electron chi connectivity index (χ4n) is 1.26. The van der Waals surface area contributed by atoms with Gasteiger partial charge in [-0.2, -0.15) is 0 Å². The maximum atomic E-state index is 5.49. The van der Waals surface area contributed by atoms with Crippen LogP contribution in [0.2, 0.25) is 0 Å². The molecule has 0 saturated carbocycles. The summed E-state index contributed by atoms with van der Waals surface area (Å²) < 4.78 is 0. The van der Waals surface area contributed by atoms with Crippen molar-refractivity contribution in [3.8, 4) is 11.3 Å². The van der Waals surface area contributed by atoms with Gasteiger partial charge in [0.15, 0.2) is 0 Å². The van der Waals surface area contributed by atoms with Gasteiger partial charge >= 0.3 is 0 Å². The zero-order valence-corrected chi connectivity index (χ0v) is 8.37. The van der Waals surface area contributed by atoms with Gasteiger partial charge in [0.25, 0.3) is 0 Å². The lowest BCUT2D eigenvalue weighted by atomic mass is 10.1. The Bertz CT molecular complexity index is 415. The highest BCUT2D eigenvalue weighted by Crippen LogP contribution is 2.21. The third-order valence-electron chi connectivity index (χ3n) is 1.93. The maximum Gasteiger partial charge on any atom is 0.0702 e. The smallest absolute Gasteiger partial charge is 0.0702 e. The van der Waals surface area contributed by atoms with Gasteiger partial charge in [0.2, 0.25) is 0 Å². The van der Waals surface area contributed by atoms with Crippen LogP contribution in [-0.4, -0.2) is 4.98 Å². The Morgan fingerprint density at radius 1 is 1.07 bits per heavy atom. The van der Waals surface area contributed by atoms with Crippen molar-refractivity contribution in [1.29, 1.82) is 0 Å². The van der Waals surface area contributed by atoms with Gasteiger partial charge in [-0.3, -0.25) is 10.1 Å². The van der Waals surface area contributed by atoms with E-state index in [-0.39, 0.29) is 0 Å². The molecule has 0 amide bonds. The van der Waals surface area contributed by atoms with Crippen molar-refractivity contribution in [3.05, 3.63) is 48.7 Å². The third kappa shape index (κ3) is 1.95. The van der Waals surface area contributed by atoms with E-state index in [0.29, 0.717) is 0 Å². The van der Waals surface area contributed by atoms with Gasteiger partial charge in [0.1, 0.15) is 0 Å². The van der Waals surface area contributed by atoms with Crippen LogP contribution < -0.4 is 5.14 Å². The lowest BCUT2D eigenvalue weighted by Crippen LogP contribution is -1.84. The van der Waals surface area contributed by atoms with Crippen molar-refractivity contribution in [2.45, 2.75) is 4.90 Å². The number of hydrogen-bond acceptors (Lipinski definition) is 3. The lowest BCUT2D eigenvalue weighted by Gasteiger charge is -2.01. The highest BCUT2D eigenvalue weighted by atomic mass is 32.2. The van der Waals surface area contributed by atoms with Crippen LogP contribution in [0.3, 0.4) is 0 Å². The average molecular weight is 202 g/mol. The van der Waals surface area contributed by atoms with Gasteiger partial charge in [-0.05, 0) is 36.2 Å².